The van der Waals surface area contributed by atoms with Crippen molar-refractivity contribution in [3.05, 3.63) is 47.7 Å². The Morgan fingerprint density at radius 2 is 1.84 bits per heavy atom. The van der Waals surface area contributed by atoms with Gasteiger partial charge >= 0.3 is 27.0 Å². The first-order valence-corrected chi connectivity index (χ1v) is 8.25. The predicted octanol–water partition coefficient (Wildman–Crippen LogP) is 2.20. The fraction of sp³-hybridized carbons (Fsp3) is 0.333. The number of aliphatic carboxylic acids is 1. The van der Waals surface area contributed by atoms with Crippen molar-refractivity contribution in [3.8, 4) is 0 Å². The first-order chi connectivity index (χ1) is 12.0. The minimum atomic E-state index is -0.909. The van der Waals surface area contributed by atoms with Crippen LogP contribution in [0, 0.1) is 5.92 Å². The Hall–Kier alpha value is -2.02. The van der Waals surface area contributed by atoms with Gasteiger partial charge in [0.1, 0.15) is 6.04 Å². The summed E-state index contributed by atoms with van der Waals surface area (Å²) in [6.07, 6.45) is 5.57. The van der Waals surface area contributed by atoms with Crippen molar-refractivity contribution in [2.75, 3.05) is 7.11 Å². The van der Waals surface area contributed by atoms with Gasteiger partial charge in [-0.25, -0.2) is 4.79 Å². The van der Waals surface area contributed by atoms with E-state index < -0.39 is 12.0 Å². The van der Waals surface area contributed by atoms with Gasteiger partial charge in [-0.3, -0.25) is 4.79 Å². The molecule has 0 bridgehead atoms. The van der Waals surface area contributed by atoms with Crippen molar-refractivity contribution in [2.45, 2.75) is 26.3 Å². The van der Waals surface area contributed by atoms with Gasteiger partial charge in [0, 0.05) is 18.9 Å². The molecule has 1 aromatic carbocycles. The number of benzene rings is 1. The van der Waals surface area contributed by atoms with E-state index in [9.17, 15) is 14.7 Å². The molecule has 2 atom stereocenters. The van der Waals surface area contributed by atoms with Crippen molar-refractivity contribution in [1.82, 2.24) is 5.32 Å². The van der Waals surface area contributed by atoms with Crippen molar-refractivity contribution in [3.63, 3.8) is 0 Å². The number of carbonyl (C=O) groups excluding carboxylic acids is 1. The molecule has 0 aliphatic heterocycles. The van der Waals surface area contributed by atoms with Crippen LogP contribution >= 0.6 is 0 Å². The Balaban J connectivity index is 0.00000134. The predicted molar refractivity (Wildman–Crippen MR) is 91.3 cm³/mol. The van der Waals surface area contributed by atoms with Crippen LogP contribution in [0.25, 0.3) is 11.6 Å². The molecule has 0 heterocycles. The fourth-order valence-corrected chi connectivity index (χ4v) is 2.31. The first kappa shape index (κ1) is 23.0. The SMILES string of the molecule is CC[C@H](C)[C@H](N/C=C1\C(=O)C=Cc2ccccc21)C(=O)O.CO.[O]=[V]. The molecule has 135 valence electrons. The van der Waals surface area contributed by atoms with Crippen molar-refractivity contribution in [1.29, 1.82) is 0 Å². The maximum atomic E-state index is 12.0. The summed E-state index contributed by atoms with van der Waals surface area (Å²) in [4.78, 5) is 23.3. The molecular weight excluding hydrogens is 361 g/mol. The number of allylic oxidation sites excluding steroid dienone is 2. The Bertz CT molecular complexity index is 642. The van der Waals surface area contributed by atoms with Gasteiger partial charge < -0.3 is 15.5 Å². The molecule has 0 unspecified atom stereocenters. The van der Waals surface area contributed by atoms with Crippen molar-refractivity contribution < 1.29 is 40.8 Å². The number of hydrogen-bond acceptors (Lipinski definition) is 5. The molecule has 1 aromatic rings. The maximum absolute atomic E-state index is 12.0. The van der Waals surface area contributed by atoms with Gasteiger partial charge in [-0.2, -0.15) is 0 Å². The Kier molecular flexibility index (Phi) is 11.4. The number of aliphatic hydroxyl groups is 1. The molecule has 2 rings (SSSR count). The third kappa shape index (κ3) is 6.42. The molecule has 1 aliphatic carbocycles. The molecule has 7 heteroatoms. The summed E-state index contributed by atoms with van der Waals surface area (Å²) >= 11 is 1.06. The molecular formula is C18H23NO5V. The van der Waals surface area contributed by atoms with Crippen LogP contribution in [0.4, 0.5) is 0 Å². The van der Waals surface area contributed by atoms with E-state index in [0.29, 0.717) is 5.57 Å². The van der Waals surface area contributed by atoms with E-state index >= 15 is 0 Å². The molecule has 25 heavy (non-hydrogen) atoms. The summed E-state index contributed by atoms with van der Waals surface area (Å²) in [5, 5.41) is 19.2. The monoisotopic (exact) mass is 384 g/mol. The summed E-state index contributed by atoms with van der Waals surface area (Å²) in [6.45, 7) is 3.82. The first-order valence-electron chi connectivity index (χ1n) is 7.68. The van der Waals surface area contributed by atoms with Crippen LogP contribution in [-0.4, -0.2) is 35.1 Å². The van der Waals surface area contributed by atoms with E-state index in [-0.39, 0.29) is 11.7 Å². The standard InChI is InChI=1S/C17H19NO3.CH4O.O.V/c1-3-11(2)16(17(20)21)18-10-14-13-7-5-4-6-12(13)8-9-15(14)19;1-2;;/h4-11,16,18H,3H2,1-2H3,(H,20,21);2H,1H3;;/b14-10-;;;/t11-,16-;;;/m0.../s1. The van der Waals surface area contributed by atoms with Crippen molar-refractivity contribution in [2.24, 2.45) is 5.92 Å². The number of hydrogen-bond donors (Lipinski definition) is 3. The van der Waals surface area contributed by atoms with Gasteiger partial charge in [0.25, 0.3) is 0 Å². The number of fused-ring (bicyclic) bond motifs is 1. The average molecular weight is 384 g/mol. The van der Waals surface area contributed by atoms with Crippen LogP contribution in [0.3, 0.4) is 0 Å². The van der Waals surface area contributed by atoms with Crippen molar-refractivity contribution >= 4 is 23.4 Å². The molecule has 3 N–H and O–H groups in total. The van der Waals surface area contributed by atoms with Crippen LogP contribution in [-0.2, 0) is 30.6 Å². The Morgan fingerprint density at radius 3 is 2.40 bits per heavy atom. The minimum absolute atomic E-state index is 0.0242. The third-order valence-corrected chi connectivity index (χ3v) is 3.82. The van der Waals surface area contributed by atoms with E-state index in [2.05, 4.69) is 5.32 Å². The normalized spacial score (nSPS) is 15.6. The second-order valence-corrected chi connectivity index (χ2v) is 5.21. The third-order valence-electron chi connectivity index (χ3n) is 3.82. The molecule has 0 amide bonds. The van der Waals surface area contributed by atoms with Gasteiger partial charge in [0.2, 0.25) is 0 Å². The molecule has 1 aliphatic rings. The van der Waals surface area contributed by atoms with Gasteiger partial charge in [0.15, 0.2) is 5.78 Å². The van der Waals surface area contributed by atoms with Gasteiger partial charge in [0.05, 0.1) is 0 Å². The van der Waals surface area contributed by atoms with E-state index in [1.165, 1.54) is 12.3 Å². The molecule has 0 radical (unpaired) electrons. The van der Waals surface area contributed by atoms with Crippen LogP contribution < -0.4 is 5.32 Å². The summed E-state index contributed by atoms with van der Waals surface area (Å²) in [7, 11) is 1.00. The summed E-state index contributed by atoms with van der Waals surface area (Å²) in [5.74, 6) is -1.05. The number of nitrogens with one attached hydrogen (secondary N) is 1. The topological polar surface area (TPSA) is 104 Å². The number of carbonyl (C=O) groups is 2. The Morgan fingerprint density at radius 1 is 1.24 bits per heavy atom. The number of carboxylic acid groups (broad SMARTS) is 1. The van der Waals surface area contributed by atoms with Gasteiger partial charge in [-0.15, -0.1) is 0 Å². The zero-order chi connectivity index (χ0) is 19.4. The van der Waals surface area contributed by atoms with Gasteiger partial charge in [-0.05, 0) is 23.1 Å². The molecule has 0 saturated heterocycles. The number of carboxylic acids is 1. The van der Waals surface area contributed by atoms with E-state index in [4.69, 9.17) is 8.78 Å². The summed E-state index contributed by atoms with van der Waals surface area (Å²) in [6, 6.07) is 6.86. The quantitative estimate of drug-likeness (QED) is 0.673. The van der Waals surface area contributed by atoms with Crippen LogP contribution in [0.15, 0.2) is 36.5 Å². The van der Waals surface area contributed by atoms with Crippen LogP contribution in [0.1, 0.15) is 31.4 Å². The molecule has 0 spiro atoms. The average Bonchev–Trinajstić information content (AvgIpc) is 2.66. The molecule has 0 saturated carbocycles. The molecule has 0 aromatic heterocycles. The van der Waals surface area contributed by atoms with E-state index in [0.717, 1.165) is 42.0 Å². The summed E-state index contributed by atoms with van der Waals surface area (Å²) < 4.78 is 8.19. The number of ketones is 1. The molecule has 0 fully saturated rings. The second-order valence-electron chi connectivity index (χ2n) is 5.21. The van der Waals surface area contributed by atoms with Gasteiger partial charge in [-0.1, -0.05) is 50.6 Å². The molecule has 6 nitrogen and oxygen atoms in total. The summed E-state index contributed by atoms with van der Waals surface area (Å²) in [5.41, 5.74) is 2.29. The van der Waals surface area contributed by atoms with E-state index in [1.54, 1.807) is 6.08 Å². The fourth-order valence-electron chi connectivity index (χ4n) is 2.31. The Labute approximate surface area is 156 Å². The zero-order valence-corrected chi connectivity index (χ0v) is 15.9. The second kappa shape index (κ2) is 12.4. The number of aliphatic hydroxyl groups excluding tert-OH is 1. The zero-order valence-electron chi connectivity index (χ0n) is 14.5. The van der Waals surface area contributed by atoms with Crippen LogP contribution in [0.2, 0.25) is 0 Å². The number of rotatable bonds is 5. The van der Waals surface area contributed by atoms with Crippen LogP contribution in [0.5, 0.6) is 0 Å². The van der Waals surface area contributed by atoms with E-state index in [1.807, 2.05) is 38.1 Å².